The van der Waals surface area contributed by atoms with Gasteiger partial charge in [-0.3, -0.25) is 9.36 Å². The molecule has 0 atom stereocenters. The molecule has 0 aromatic heterocycles. The number of ether oxygens (including phenoxy) is 1. The third kappa shape index (κ3) is 2.96. The molecule has 0 aliphatic rings. The van der Waals surface area contributed by atoms with Crippen LogP contribution in [0.5, 0.6) is 5.75 Å². The summed E-state index contributed by atoms with van der Waals surface area (Å²) in [5.74, 6) is -0.411. The lowest BCUT2D eigenvalue weighted by atomic mass is 10.3. The zero-order chi connectivity index (χ0) is 10.8. The Bertz CT molecular complexity index is 394. The Morgan fingerprint density at radius 1 is 1.43 bits per heavy atom. The van der Waals surface area contributed by atoms with Crippen molar-refractivity contribution < 1.29 is 23.9 Å². The van der Waals surface area contributed by atoms with E-state index in [1.807, 2.05) is 0 Å². The number of carbonyl (C=O) groups excluding carboxylic acids is 1. The molecule has 0 saturated heterocycles. The minimum atomic E-state index is -4.28. The van der Waals surface area contributed by atoms with Gasteiger partial charge in [-0.2, -0.15) is 0 Å². The lowest BCUT2D eigenvalue weighted by Gasteiger charge is -2.05. The molecule has 0 fully saturated rings. The zero-order valence-corrected chi connectivity index (χ0v) is 8.27. The Morgan fingerprint density at radius 2 is 2.07 bits per heavy atom. The minimum Gasteiger partial charge on any atom is -0.427 e. The van der Waals surface area contributed by atoms with Crippen LogP contribution in [-0.4, -0.2) is 15.8 Å². The zero-order valence-electron chi connectivity index (χ0n) is 7.38. The van der Waals surface area contributed by atoms with Crippen molar-refractivity contribution in [2.24, 2.45) is 0 Å². The fraction of sp³-hybridized carbons (Fsp3) is 0.125. The molecule has 0 aliphatic carbocycles. The van der Waals surface area contributed by atoms with E-state index in [-0.39, 0.29) is 11.1 Å². The van der Waals surface area contributed by atoms with Crippen LogP contribution in [0, 0.1) is 0 Å². The van der Waals surface area contributed by atoms with Crippen molar-refractivity contribution in [1.29, 1.82) is 0 Å². The Labute approximate surface area is 80.5 Å². The molecule has 1 rings (SSSR count). The average molecular weight is 216 g/mol. The van der Waals surface area contributed by atoms with Gasteiger partial charge < -0.3 is 14.5 Å². The number of rotatable bonds is 2. The molecule has 0 spiro atoms. The van der Waals surface area contributed by atoms with Crippen molar-refractivity contribution >= 4 is 18.9 Å². The third-order valence-corrected chi connectivity index (χ3v) is 2.37. The largest absolute Gasteiger partial charge is 0.427 e. The molecule has 2 N–H and O–H groups in total. The molecular weight excluding hydrogens is 207 g/mol. The van der Waals surface area contributed by atoms with Gasteiger partial charge in [0.25, 0.3) is 0 Å². The molecule has 0 radical (unpaired) electrons. The third-order valence-electron chi connectivity index (χ3n) is 1.42. The number of benzene rings is 1. The quantitative estimate of drug-likeness (QED) is 0.425. The molecule has 0 saturated carbocycles. The second-order valence-electron chi connectivity index (χ2n) is 2.64. The van der Waals surface area contributed by atoms with Crippen molar-refractivity contribution in [3.63, 3.8) is 0 Å². The van der Waals surface area contributed by atoms with Gasteiger partial charge in [0.2, 0.25) is 0 Å². The predicted molar refractivity (Wildman–Crippen MR) is 49.4 cm³/mol. The molecule has 0 unspecified atom stereocenters. The molecular formula is C8H9O5P. The SMILES string of the molecule is CC(=O)Oc1cccc(P(=O)(O)O)c1. The maximum atomic E-state index is 10.8. The van der Waals surface area contributed by atoms with Crippen molar-refractivity contribution in [2.45, 2.75) is 6.92 Å². The van der Waals surface area contributed by atoms with E-state index in [1.165, 1.54) is 25.1 Å². The minimum absolute atomic E-state index is 0.123. The first-order valence-corrected chi connectivity index (χ1v) is 5.35. The van der Waals surface area contributed by atoms with Gasteiger partial charge in [-0.25, -0.2) is 0 Å². The first-order valence-electron chi connectivity index (χ1n) is 3.74. The van der Waals surface area contributed by atoms with Crippen LogP contribution in [-0.2, 0) is 9.36 Å². The van der Waals surface area contributed by atoms with E-state index in [2.05, 4.69) is 4.74 Å². The first-order chi connectivity index (χ1) is 6.39. The van der Waals surface area contributed by atoms with Crippen LogP contribution in [0.2, 0.25) is 0 Å². The first kappa shape index (κ1) is 10.9. The highest BCUT2D eigenvalue weighted by atomic mass is 31.2. The van der Waals surface area contributed by atoms with Gasteiger partial charge >= 0.3 is 13.6 Å². The maximum absolute atomic E-state index is 10.8. The summed E-state index contributed by atoms with van der Waals surface area (Å²) < 4.78 is 15.5. The van der Waals surface area contributed by atoms with Crippen LogP contribution in [0.4, 0.5) is 0 Å². The maximum Gasteiger partial charge on any atom is 0.356 e. The molecule has 0 heterocycles. The Balaban J connectivity index is 3.02. The lowest BCUT2D eigenvalue weighted by molar-refractivity contribution is -0.131. The van der Waals surface area contributed by atoms with Crippen molar-refractivity contribution in [1.82, 2.24) is 0 Å². The molecule has 76 valence electrons. The van der Waals surface area contributed by atoms with Gasteiger partial charge in [0.15, 0.2) is 0 Å². The molecule has 5 nitrogen and oxygen atoms in total. The summed E-state index contributed by atoms with van der Waals surface area (Å²) in [6.45, 7) is 1.21. The smallest absolute Gasteiger partial charge is 0.356 e. The molecule has 1 aromatic carbocycles. The Kier molecular flexibility index (Phi) is 3.06. The summed E-state index contributed by atoms with van der Waals surface area (Å²) in [4.78, 5) is 28.2. The number of hydrogen-bond donors (Lipinski definition) is 2. The normalized spacial score (nSPS) is 11.1. The van der Waals surface area contributed by atoms with Crippen LogP contribution in [0.25, 0.3) is 0 Å². The fourth-order valence-electron chi connectivity index (χ4n) is 0.894. The van der Waals surface area contributed by atoms with Gasteiger partial charge in [-0.15, -0.1) is 0 Å². The summed E-state index contributed by atoms with van der Waals surface area (Å²) in [6, 6.07) is 5.27. The van der Waals surface area contributed by atoms with Crippen LogP contribution in [0.1, 0.15) is 6.92 Å². The number of esters is 1. The van der Waals surface area contributed by atoms with Crippen molar-refractivity contribution in [3.05, 3.63) is 24.3 Å². The Hall–Kier alpha value is -1.16. The highest BCUT2D eigenvalue weighted by Crippen LogP contribution is 2.33. The summed E-state index contributed by atoms with van der Waals surface area (Å²) in [6.07, 6.45) is 0. The second kappa shape index (κ2) is 3.92. The van der Waals surface area contributed by atoms with Crippen LogP contribution in [0.15, 0.2) is 24.3 Å². The van der Waals surface area contributed by atoms with E-state index in [9.17, 15) is 9.36 Å². The van der Waals surface area contributed by atoms with Crippen LogP contribution < -0.4 is 10.0 Å². The van der Waals surface area contributed by atoms with Gasteiger partial charge in [0.05, 0.1) is 5.30 Å². The van der Waals surface area contributed by atoms with E-state index in [0.717, 1.165) is 6.07 Å². The van der Waals surface area contributed by atoms with Crippen LogP contribution >= 0.6 is 7.60 Å². The van der Waals surface area contributed by atoms with E-state index < -0.39 is 13.6 Å². The standard InChI is InChI=1S/C8H9O5P/c1-6(9)13-7-3-2-4-8(5-7)14(10,11)12/h2-5H,1H3,(H2,10,11,12). The van der Waals surface area contributed by atoms with Crippen molar-refractivity contribution in [3.8, 4) is 5.75 Å². The predicted octanol–water partition coefficient (Wildman–Crippen LogP) is 0.415. The monoisotopic (exact) mass is 216 g/mol. The summed E-state index contributed by atoms with van der Waals surface area (Å²) in [5, 5.41) is -0.170. The van der Waals surface area contributed by atoms with Crippen molar-refractivity contribution in [2.75, 3.05) is 0 Å². The summed E-state index contributed by atoms with van der Waals surface area (Å²) in [7, 11) is -4.28. The summed E-state index contributed by atoms with van der Waals surface area (Å²) >= 11 is 0. The highest BCUT2D eigenvalue weighted by molar-refractivity contribution is 7.60. The van der Waals surface area contributed by atoms with Gasteiger partial charge in [-0.1, -0.05) is 6.07 Å². The Morgan fingerprint density at radius 3 is 2.57 bits per heavy atom. The molecule has 1 aromatic rings. The van der Waals surface area contributed by atoms with E-state index in [4.69, 9.17) is 9.79 Å². The van der Waals surface area contributed by atoms with Crippen LogP contribution in [0.3, 0.4) is 0 Å². The van der Waals surface area contributed by atoms with E-state index >= 15 is 0 Å². The van der Waals surface area contributed by atoms with Gasteiger partial charge in [0.1, 0.15) is 5.75 Å². The number of hydrogen-bond acceptors (Lipinski definition) is 3. The lowest BCUT2D eigenvalue weighted by Crippen LogP contribution is -2.07. The molecule has 0 bridgehead atoms. The molecule has 6 heteroatoms. The second-order valence-corrected chi connectivity index (χ2v) is 4.24. The van der Waals surface area contributed by atoms with Gasteiger partial charge in [-0.05, 0) is 18.2 Å². The van der Waals surface area contributed by atoms with E-state index in [1.54, 1.807) is 0 Å². The van der Waals surface area contributed by atoms with Gasteiger partial charge in [0, 0.05) is 6.92 Å². The highest BCUT2D eigenvalue weighted by Gasteiger charge is 2.17. The van der Waals surface area contributed by atoms with E-state index in [0.29, 0.717) is 0 Å². The average Bonchev–Trinajstić information content (AvgIpc) is 2.01. The number of carbonyl (C=O) groups is 1. The summed E-state index contributed by atoms with van der Waals surface area (Å²) in [5.41, 5.74) is 0. The molecule has 0 amide bonds. The topological polar surface area (TPSA) is 83.8 Å². The molecule has 0 aliphatic heterocycles. The fourth-order valence-corrected chi connectivity index (χ4v) is 1.47. The molecule has 14 heavy (non-hydrogen) atoms.